The summed E-state index contributed by atoms with van der Waals surface area (Å²) in [5.74, 6) is 0. The van der Waals surface area contributed by atoms with Gasteiger partial charge in [0.15, 0.2) is 4.80 Å². The minimum absolute atomic E-state index is 0.0139. The third kappa shape index (κ3) is 3.70. The lowest BCUT2D eigenvalue weighted by Crippen LogP contribution is -2.38. The lowest BCUT2D eigenvalue weighted by atomic mass is 9.83. The molecule has 0 saturated heterocycles. The molecule has 0 saturated carbocycles. The first kappa shape index (κ1) is 21.0. The van der Waals surface area contributed by atoms with Crippen LogP contribution in [0.25, 0.3) is 11.8 Å². The normalized spacial score (nSPS) is 17.3. The van der Waals surface area contributed by atoms with Crippen molar-refractivity contribution in [2.45, 2.75) is 18.9 Å². The van der Waals surface area contributed by atoms with Crippen molar-refractivity contribution < 1.29 is 0 Å². The van der Waals surface area contributed by atoms with Gasteiger partial charge in [0.2, 0.25) is 0 Å². The van der Waals surface area contributed by atoms with Gasteiger partial charge in [0.05, 0.1) is 16.3 Å². The third-order valence-corrected chi connectivity index (χ3v) is 8.27. The molecule has 4 aromatic rings. The Morgan fingerprint density at radius 3 is 2.36 bits per heavy atom. The lowest BCUT2D eigenvalue weighted by Gasteiger charge is -2.30. The smallest absolute Gasteiger partial charge is 0.271 e. The van der Waals surface area contributed by atoms with Gasteiger partial charge < -0.3 is 0 Å². The summed E-state index contributed by atoms with van der Waals surface area (Å²) >= 11 is 8.49. The van der Waals surface area contributed by atoms with Crippen LogP contribution in [0.2, 0.25) is 0 Å². The van der Waals surface area contributed by atoms with Gasteiger partial charge in [-0.05, 0) is 65.4 Å². The van der Waals surface area contributed by atoms with E-state index in [0.717, 1.165) is 43.4 Å². The molecule has 0 unspecified atom stereocenters. The van der Waals surface area contributed by atoms with Crippen LogP contribution in [0.5, 0.6) is 0 Å². The number of benzene rings is 3. The standard InChI is InChI=1S/C27H18Br2N2OS/c28-19-10-5-16(6-11-19)15-23-26(32)31-25(18-7-12-20(29)13-8-18)22-14-9-17-3-1-2-4-21(17)24(22)30-27(31)33-23/h1-8,10-13,15,25H,9,14H2/b23-15-/t25-/m1/s1. The highest BCUT2D eigenvalue weighted by molar-refractivity contribution is 9.10. The summed E-state index contributed by atoms with van der Waals surface area (Å²) < 4.78 is 4.64. The predicted octanol–water partition coefficient (Wildman–Crippen LogP) is 5.84. The number of hydrogen-bond donors (Lipinski definition) is 0. The van der Waals surface area contributed by atoms with Crippen molar-refractivity contribution in [3.63, 3.8) is 0 Å². The van der Waals surface area contributed by atoms with E-state index in [2.05, 4.69) is 68.3 Å². The van der Waals surface area contributed by atoms with Crippen LogP contribution in [0.3, 0.4) is 0 Å². The molecular weight excluding hydrogens is 560 g/mol. The molecule has 0 bridgehead atoms. The average molecular weight is 578 g/mol. The molecule has 6 rings (SSSR count). The summed E-state index contributed by atoms with van der Waals surface area (Å²) in [6.07, 6.45) is 3.82. The van der Waals surface area contributed by atoms with Gasteiger partial charge >= 0.3 is 0 Å². The number of rotatable bonds is 2. The van der Waals surface area contributed by atoms with Crippen LogP contribution < -0.4 is 14.9 Å². The molecule has 1 aliphatic heterocycles. The largest absolute Gasteiger partial charge is 0.272 e. The Hall–Kier alpha value is -2.54. The molecule has 162 valence electrons. The first-order valence-corrected chi connectivity index (χ1v) is 13.1. The second-order valence-corrected chi connectivity index (χ2v) is 11.1. The van der Waals surface area contributed by atoms with E-state index in [9.17, 15) is 4.79 Å². The molecule has 2 heterocycles. The Balaban J connectivity index is 1.62. The second kappa shape index (κ2) is 8.35. The van der Waals surface area contributed by atoms with Crippen molar-refractivity contribution >= 4 is 55.0 Å². The summed E-state index contributed by atoms with van der Waals surface area (Å²) in [5.41, 5.74) is 6.88. The van der Waals surface area contributed by atoms with Crippen LogP contribution in [0.4, 0.5) is 0 Å². The molecule has 3 aromatic carbocycles. The van der Waals surface area contributed by atoms with Crippen LogP contribution >= 0.6 is 43.2 Å². The summed E-state index contributed by atoms with van der Waals surface area (Å²) in [4.78, 5) is 19.5. The maximum Gasteiger partial charge on any atom is 0.271 e. The topological polar surface area (TPSA) is 34.4 Å². The van der Waals surface area contributed by atoms with Crippen molar-refractivity contribution in [3.8, 4) is 0 Å². The van der Waals surface area contributed by atoms with Crippen LogP contribution in [0, 0.1) is 0 Å². The molecule has 1 atom stereocenters. The maximum absolute atomic E-state index is 13.7. The van der Waals surface area contributed by atoms with Crippen LogP contribution in [-0.4, -0.2) is 4.57 Å². The molecule has 0 fully saturated rings. The number of nitrogens with zero attached hydrogens (tertiary/aromatic N) is 2. The first-order valence-electron chi connectivity index (χ1n) is 10.7. The van der Waals surface area contributed by atoms with Crippen LogP contribution in [0.1, 0.15) is 34.7 Å². The number of halogens is 2. The lowest BCUT2D eigenvalue weighted by molar-refractivity contribution is 0.585. The van der Waals surface area contributed by atoms with Gasteiger partial charge in [0.25, 0.3) is 5.56 Å². The van der Waals surface area contributed by atoms with Crippen LogP contribution in [0.15, 0.2) is 97.1 Å². The molecule has 0 amide bonds. The molecule has 2 aliphatic rings. The first-order chi connectivity index (χ1) is 16.1. The zero-order valence-corrected chi connectivity index (χ0v) is 21.5. The van der Waals surface area contributed by atoms with Gasteiger partial charge in [-0.3, -0.25) is 9.36 Å². The van der Waals surface area contributed by atoms with E-state index >= 15 is 0 Å². The Morgan fingerprint density at radius 1 is 0.909 bits per heavy atom. The number of aryl methyl sites for hydroxylation is 1. The minimum atomic E-state index is -0.148. The average Bonchev–Trinajstić information content (AvgIpc) is 3.14. The summed E-state index contributed by atoms with van der Waals surface area (Å²) in [7, 11) is 0. The molecule has 6 heteroatoms. The highest BCUT2D eigenvalue weighted by Gasteiger charge is 2.32. The zero-order valence-electron chi connectivity index (χ0n) is 17.5. The van der Waals surface area contributed by atoms with Crippen LogP contribution in [-0.2, 0) is 6.42 Å². The van der Waals surface area contributed by atoms with Gasteiger partial charge in [-0.2, -0.15) is 0 Å². The monoisotopic (exact) mass is 576 g/mol. The van der Waals surface area contributed by atoms with E-state index < -0.39 is 0 Å². The third-order valence-electron chi connectivity index (χ3n) is 6.23. The number of allylic oxidation sites excluding steroid dienone is 1. The molecule has 0 radical (unpaired) electrons. The van der Waals surface area contributed by atoms with Crippen molar-refractivity contribution in [1.82, 2.24) is 4.57 Å². The van der Waals surface area contributed by atoms with Gasteiger partial charge in [-0.15, -0.1) is 0 Å². The predicted molar refractivity (Wildman–Crippen MR) is 141 cm³/mol. The van der Waals surface area contributed by atoms with Crippen molar-refractivity contribution in [2.24, 2.45) is 4.99 Å². The van der Waals surface area contributed by atoms with E-state index in [4.69, 9.17) is 4.99 Å². The van der Waals surface area contributed by atoms with E-state index in [-0.39, 0.29) is 11.6 Å². The number of fused-ring (bicyclic) bond motifs is 3. The Morgan fingerprint density at radius 2 is 1.61 bits per heavy atom. The SMILES string of the molecule is O=c1/c(=C/c2ccc(Br)cc2)sc2n1[C@H](c1ccc(Br)cc1)C1=C(N=2)c2ccccc2CC1. The van der Waals surface area contributed by atoms with Crippen molar-refractivity contribution in [1.29, 1.82) is 0 Å². The van der Waals surface area contributed by atoms with E-state index in [1.54, 1.807) is 0 Å². The molecule has 0 N–H and O–H groups in total. The van der Waals surface area contributed by atoms with E-state index in [1.165, 1.54) is 28.0 Å². The molecule has 1 aliphatic carbocycles. The Kier molecular flexibility index (Phi) is 5.32. The van der Waals surface area contributed by atoms with E-state index in [0.29, 0.717) is 4.53 Å². The second-order valence-electron chi connectivity index (χ2n) is 8.22. The number of aromatic nitrogens is 1. The number of thiazole rings is 1. The van der Waals surface area contributed by atoms with Gasteiger partial charge in [-0.1, -0.05) is 91.7 Å². The van der Waals surface area contributed by atoms with Crippen molar-refractivity contribution in [2.75, 3.05) is 0 Å². The zero-order chi connectivity index (χ0) is 22.5. The quantitative estimate of drug-likeness (QED) is 0.294. The molecule has 3 nitrogen and oxygen atoms in total. The highest BCUT2D eigenvalue weighted by atomic mass is 79.9. The Bertz CT molecular complexity index is 1600. The van der Waals surface area contributed by atoms with E-state index in [1.807, 2.05) is 47.0 Å². The summed E-state index contributed by atoms with van der Waals surface area (Å²) in [6, 6.07) is 24.7. The van der Waals surface area contributed by atoms with Gasteiger partial charge in [0, 0.05) is 14.5 Å². The fourth-order valence-corrected chi connectivity index (χ4v) is 6.21. The molecular formula is C27H18Br2N2OS. The molecule has 1 aromatic heterocycles. The van der Waals surface area contributed by atoms with Gasteiger partial charge in [0.1, 0.15) is 0 Å². The molecule has 0 spiro atoms. The van der Waals surface area contributed by atoms with Gasteiger partial charge in [-0.25, -0.2) is 4.99 Å². The minimum Gasteiger partial charge on any atom is -0.272 e. The highest BCUT2D eigenvalue weighted by Crippen LogP contribution is 2.41. The number of hydrogen-bond acceptors (Lipinski definition) is 3. The maximum atomic E-state index is 13.7. The fraction of sp³-hybridized carbons (Fsp3) is 0.111. The fourth-order valence-electron chi connectivity index (χ4n) is 4.68. The molecule has 33 heavy (non-hydrogen) atoms. The van der Waals surface area contributed by atoms with Crippen molar-refractivity contribution in [3.05, 3.63) is 129 Å². The summed E-state index contributed by atoms with van der Waals surface area (Å²) in [6.45, 7) is 0. The summed E-state index contributed by atoms with van der Waals surface area (Å²) in [5, 5.41) is 0. The Labute approximate surface area is 211 Å².